The van der Waals surface area contributed by atoms with Crippen LogP contribution in [0.5, 0.6) is 0 Å². The van der Waals surface area contributed by atoms with Crippen LogP contribution in [0.2, 0.25) is 0 Å². The fourth-order valence-corrected chi connectivity index (χ4v) is 3.33. The maximum absolute atomic E-state index is 12.0. The highest BCUT2D eigenvalue weighted by Crippen LogP contribution is 2.43. The quantitative estimate of drug-likeness (QED) is 0.838. The summed E-state index contributed by atoms with van der Waals surface area (Å²) >= 11 is 1.51. The second kappa shape index (κ2) is 5.07. The summed E-state index contributed by atoms with van der Waals surface area (Å²) in [4.78, 5) is 13.0. The number of hydrogen-bond donors (Lipinski definition) is 2. The predicted molar refractivity (Wildman–Crippen MR) is 76.1 cm³/mol. The SMILES string of the molecule is O=C1Nc2ccccc2S[C@H](c2ccccc2)[C@@H]1O. The van der Waals surface area contributed by atoms with Crippen molar-refractivity contribution in [2.75, 3.05) is 5.32 Å². The number of nitrogens with one attached hydrogen (secondary N) is 1. The fraction of sp³-hybridized carbons (Fsp3) is 0.133. The van der Waals surface area contributed by atoms with Gasteiger partial charge < -0.3 is 10.4 Å². The van der Waals surface area contributed by atoms with E-state index in [0.29, 0.717) is 0 Å². The van der Waals surface area contributed by atoms with Gasteiger partial charge in [-0.05, 0) is 17.7 Å². The fourth-order valence-electron chi connectivity index (χ4n) is 2.11. The number of hydrogen-bond acceptors (Lipinski definition) is 3. The Bertz CT molecular complexity index is 600. The van der Waals surface area contributed by atoms with Crippen LogP contribution < -0.4 is 5.32 Å². The summed E-state index contributed by atoms with van der Waals surface area (Å²) in [5, 5.41) is 12.7. The van der Waals surface area contributed by atoms with E-state index in [1.165, 1.54) is 11.8 Å². The van der Waals surface area contributed by atoms with Crippen LogP contribution in [-0.2, 0) is 4.79 Å². The van der Waals surface area contributed by atoms with Crippen molar-refractivity contribution in [1.29, 1.82) is 0 Å². The van der Waals surface area contributed by atoms with Gasteiger partial charge in [-0.25, -0.2) is 0 Å². The van der Waals surface area contributed by atoms with Crippen LogP contribution in [0.4, 0.5) is 5.69 Å². The maximum Gasteiger partial charge on any atom is 0.254 e. The molecule has 0 saturated heterocycles. The van der Waals surface area contributed by atoms with Gasteiger partial charge in [0, 0.05) is 4.90 Å². The van der Waals surface area contributed by atoms with E-state index in [2.05, 4.69) is 5.32 Å². The molecule has 0 unspecified atom stereocenters. The van der Waals surface area contributed by atoms with Crippen molar-refractivity contribution in [3.63, 3.8) is 0 Å². The first-order valence-electron chi connectivity index (χ1n) is 6.05. The minimum absolute atomic E-state index is 0.287. The third kappa shape index (κ3) is 2.37. The Morgan fingerprint density at radius 3 is 2.47 bits per heavy atom. The Morgan fingerprint density at radius 2 is 1.68 bits per heavy atom. The molecular formula is C15H13NO2S. The van der Waals surface area contributed by atoms with E-state index in [-0.39, 0.29) is 11.2 Å². The number of aliphatic hydroxyl groups is 1. The summed E-state index contributed by atoms with van der Waals surface area (Å²) in [6.45, 7) is 0. The summed E-state index contributed by atoms with van der Waals surface area (Å²) in [6, 6.07) is 17.2. The number of thioether (sulfide) groups is 1. The number of benzene rings is 2. The summed E-state index contributed by atoms with van der Waals surface area (Å²) in [5.74, 6) is -0.355. The van der Waals surface area contributed by atoms with Crippen LogP contribution in [0.25, 0.3) is 0 Å². The number of fused-ring (bicyclic) bond motifs is 1. The second-order valence-corrected chi connectivity index (χ2v) is 5.56. The zero-order valence-corrected chi connectivity index (χ0v) is 10.9. The van der Waals surface area contributed by atoms with Crippen molar-refractivity contribution in [3.8, 4) is 0 Å². The molecule has 19 heavy (non-hydrogen) atoms. The molecular weight excluding hydrogens is 258 g/mol. The molecule has 0 aliphatic carbocycles. The molecule has 2 atom stereocenters. The van der Waals surface area contributed by atoms with E-state index < -0.39 is 6.10 Å². The molecule has 1 aliphatic rings. The van der Waals surface area contributed by atoms with Crippen molar-refractivity contribution in [1.82, 2.24) is 0 Å². The second-order valence-electron chi connectivity index (χ2n) is 4.38. The van der Waals surface area contributed by atoms with E-state index in [1.54, 1.807) is 0 Å². The molecule has 3 nitrogen and oxygen atoms in total. The number of amides is 1. The van der Waals surface area contributed by atoms with Crippen LogP contribution in [0.3, 0.4) is 0 Å². The lowest BCUT2D eigenvalue weighted by molar-refractivity contribution is -0.124. The van der Waals surface area contributed by atoms with Crippen molar-refractivity contribution in [2.24, 2.45) is 0 Å². The van der Waals surface area contributed by atoms with Gasteiger partial charge >= 0.3 is 0 Å². The van der Waals surface area contributed by atoms with E-state index in [1.807, 2.05) is 54.6 Å². The van der Waals surface area contributed by atoms with Gasteiger partial charge in [-0.2, -0.15) is 0 Å². The molecule has 0 fully saturated rings. The van der Waals surface area contributed by atoms with Crippen molar-refractivity contribution < 1.29 is 9.90 Å². The lowest BCUT2D eigenvalue weighted by Crippen LogP contribution is -2.30. The number of para-hydroxylation sites is 1. The predicted octanol–water partition coefficient (Wildman–Crippen LogP) is 2.83. The van der Waals surface area contributed by atoms with Crippen LogP contribution in [0, 0.1) is 0 Å². The largest absolute Gasteiger partial charge is 0.382 e. The molecule has 1 heterocycles. The molecule has 2 N–H and O–H groups in total. The first kappa shape index (κ1) is 12.3. The standard InChI is InChI=1S/C15H13NO2S/c17-13-14(10-6-2-1-3-7-10)19-12-9-5-4-8-11(12)16-15(13)18/h1-9,13-14,17H,(H,16,18)/t13-,14+/m0/s1. The third-order valence-corrected chi connectivity index (χ3v) is 4.48. The Labute approximate surface area is 115 Å². The summed E-state index contributed by atoms with van der Waals surface area (Å²) < 4.78 is 0. The smallest absolute Gasteiger partial charge is 0.254 e. The molecule has 96 valence electrons. The van der Waals surface area contributed by atoms with Gasteiger partial charge in [0.05, 0.1) is 10.9 Å². The molecule has 4 heteroatoms. The monoisotopic (exact) mass is 271 g/mol. The third-order valence-electron chi connectivity index (χ3n) is 3.08. The molecule has 0 radical (unpaired) electrons. The van der Waals surface area contributed by atoms with E-state index in [4.69, 9.17) is 0 Å². The molecule has 1 aliphatic heterocycles. The van der Waals surface area contributed by atoms with E-state index in [0.717, 1.165) is 16.1 Å². The minimum Gasteiger partial charge on any atom is -0.382 e. The molecule has 0 spiro atoms. The number of rotatable bonds is 1. The average molecular weight is 271 g/mol. The summed E-state index contributed by atoms with van der Waals surface area (Å²) in [6.07, 6.45) is -1.06. The highest BCUT2D eigenvalue weighted by Gasteiger charge is 2.32. The van der Waals surface area contributed by atoms with Crippen molar-refractivity contribution in [2.45, 2.75) is 16.2 Å². The van der Waals surface area contributed by atoms with Gasteiger partial charge in [-0.3, -0.25) is 4.79 Å². The topological polar surface area (TPSA) is 49.3 Å². The van der Waals surface area contributed by atoms with E-state index in [9.17, 15) is 9.90 Å². The molecule has 0 bridgehead atoms. The Balaban J connectivity index is 2.03. The Kier molecular flexibility index (Phi) is 3.27. The van der Waals surface area contributed by atoms with Crippen LogP contribution in [0.15, 0.2) is 59.5 Å². The number of aliphatic hydroxyl groups excluding tert-OH is 1. The van der Waals surface area contributed by atoms with Gasteiger partial charge in [0.25, 0.3) is 5.91 Å². The van der Waals surface area contributed by atoms with Gasteiger partial charge in [-0.1, -0.05) is 42.5 Å². The van der Waals surface area contributed by atoms with Gasteiger partial charge in [0.1, 0.15) is 6.10 Å². The zero-order chi connectivity index (χ0) is 13.2. The molecule has 1 amide bonds. The zero-order valence-electron chi connectivity index (χ0n) is 10.1. The first-order chi connectivity index (χ1) is 9.25. The number of anilines is 1. The Morgan fingerprint density at radius 1 is 1.00 bits per heavy atom. The van der Waals surface area contributed by atoms with Crippen molar-refractivity contribution >= 4 is 23.4 Å². The van der Waals surface area contributed by atoms with Gasteiger partial charge in [0.15, 0.2) is 0 Å². The summed E-state index contributed by atoms with van der Waals surface area (Å²) in [5.41, 5.74) is 1.71. The lowest BCUT2D eigenvalue weighted by Gasteiger charge is -2.18. The first-order valence-corrected chi connectivity index (χ1v) is 6.93. The molecule has 2 aromatic carbocycles. The highest BCUT2D eigenvalue weighted by molar-refractivity contribution is 7.99. The van der Waals surface area contributed by atoms with Crippen LogP contribution in [-0.4, -0.2) is 17.1 Å². The normalized spacial score (nSPS) is 22.3. The van der Waals surface area contributed by atoms with Gasteiger partial charge in [0.2, 0.25) is 0 Å². The van der Waals surface area contributed by atoms with Gasteiger partial charge in [-0.15, -0.1) is 11.8 Å². The average Bonchev–Trinajstić information content (AvgIpc) is 2.58. The number of carbonyl (C=O) groups excluding carboxylic acids is 1. The van der Waals surface area contributed by atoms with Crippen LogP contribution in [0.1, 0.15) is 10.8 Å². The van der Waals surface area contributed by atoms with E-state index >= 15 is 0 Å². The van der Waals surface area contributed by atoms with Crippen molar-refractivity contribution in [3.05, 3.63) is 60.2 Å². The molecule has 3 rings (SSSR count). The molecule has 0 saturated carbocycles. The maximum atomic E-state index is 12.0. The number of carbonyl (C=O) groups is 1. The molecule has 0 aromatic heterocycles. The lowest BCUT2D eigenvalue weighted by atomic mass is 10.1. The minimum atomic E-state index is -1.06. The summed E-state index contributed by atoms with van der Waals surface area (Å²) in [7, 11) is 0. The molecule has 2 aromatic rings. The Hall–Kier alpha value is -1.78. The highest BCUT2D eigenvalue weighted by atomic mass is 32.2. The van der Waals surface area contributed by atoms with Crippen LogP contribution >= 0.6 is 11.8 Å².